The molecule has 3 heterocycles. The zero-order chi connectivity index (χ0) is 20.5. The Hall–Kier alpha value is -3.27. The third-order valence-electron chi connectivity index (χ3n) is 5.03. The van der Waals surface area contributed by atoms with Crippen LogP contribution in [-0.4, -0.2) is 59.1 Å². The summed E-state index contributed by atoms with van der Waals surface area (Å²) in [7, 11) is 1.25. The Labute approximate surface area is 165 Å². The van der Waals surface area contributed by atoms with E-state index in [4.69, 9.17) is 9.26 Å². The van der Waals surface area contributed by atoms with Gasteiger partial charge in [-0.3, -0.25) is 9.69 Å². The quantitative estimate of drug-likeness (QED) is 0.606. The fourth-order valence-electron chi connectivity index (χ4n) is 3.46. The lowest BCUT2D eigenvalue weighted by Gasteiger charge is -2.36. The van der Waals surface area contributed by atoms with Gasteiger partial charge in [0.05, 0.1) is 19.2 Å². The van der Waals surface area contributed by atoms with Crippen molar-refractivity contribution in [1.29, 1.82) is 0 Å². The number of rotatable bonds is 4. The largest absolute Gasteiger partial charge is 0.464 e. The number of aryl methyl sites for hydroxylation is 1. The summed E-state index contributed by atoms with van der Waals surface area (Å²) in [6.07, 6.45) is 0. The van der Waals surface area contributed by atoms with Crippen LogP contribution in [0.3, 0.4) is 0 Å². The number of benzene rings is 1. The van der Waals surface area contributed by atoms with Crippen LogP contribution in [0.25, 0.3) is 10.9 Å². The Bertz CT molecular complexity index is 1100. The normalized spacial score (nSPS) is 15.1. The predicted molar refractivity (Wildman–Crippen MR) is 102 cm³/mol. The molecule has 0 aliphatic carbocycles. The van der Waals surface area contributed by atoms with E-state index in [-0.39, 0.29) is 29.1 Å². The van der Waals surface area contributed by atoms with Crippen molar-refractivity contribution < 1.29 is 18.4 Å². The Morgan fingerprint density at radius 2 is 1.90 bits per heavy atom. The molecular formula is C19H20FN5O4. The van der Waals surface area contributed by atoms with Gasteiger partial charge in [-0.15, -0.1) is 0 Å². The molecule has 3 aromatic rings. The Balaban J connectivity index is 1.54. The molecule has 0 atom stereocenters. The van der Waals surface area contributed by atoms with Gasteiger partial charge < -0.3 is 14.2 Å². The van der Waals surface area contributed by atoms with E-state index in [9.17, 15) is 14.0 Å². The van der Waals surface area contributed by atoms with E-state index in [1.165, 1.54) is 23.9 Å². The lowest BCUT2D eigenvalue weighted by atomic mass is 10.2. The zero-order valence-electron chi connectivity index (χ0n) is 16.1. The molecule has 0 spiro atoms. The first-order valence-corrected chi connectivity index (χ1v) is 9.16. The molecule has 152 valence electrons. The number of carbonyl (C=O) groups excluding carboxylic acids is 1. The average molecular weight is 401 g/mol. The summed E-state index contributed by atoms with van der Waals surface area (Å²) in [5.41, 5.74) is 0.591. The van der Waals surface area contributed by atoms with Gasteiger partial charge in [0.15, 0.2) is 11.2 Å². The number of hydrogen-bond acceptors (Lipinski definition) is 8. The molecule has 2 aromatic heterocycles. The molecule has 0 unspecified atom stereocenters. The minimum Gasteiger partial charge on any atom is -0.464 e. The van der Waals surface area contributed by atoms with Crippen molar-refractivity contribution >= 4 is 22.6 Å². The third-order valence-corrected chi connectivity index (χ3v) is 5.03. The summed E-state index contributed by atoms with van der Waals surface area (Å²) in [6.45, 7) is 4.61. The number of piperazine rings is 1. The predicted octanol–water partition coefficient (Wildman–Crippen LogP) is 1.40. The first kappa shape index (κ1) is 19.1. The maximum Gasteiger partial charge on any atom is 0.359 e. The molecule has 4 rings (SSSR count). The smallest absolute Gasteiger partial charge is 0.359 e. The van der Waals surface area contributed by atoms with Crippen LogP contribution in [0.2, 0.25) is 0 Å². The van der Waals surface area contributed by atoms with Gasteiger partial charge in [-0.1, -0.05) is 5.16 Å². The maximum atomic E-state index is 13.1. The van der Waals surface area contributed by atoms with Gasteiger partial charge >= 0.3 is 5.97 Å². The Morgan fingerprint density at radius 3 is 2.55 bits per heavy atom. The minimum atomic E-state index is -0.656. The van der Waals surface area contributed by atoms with E-state index in [0.717, 1.165) is 18.8 Å². The van der Waals surface area contributed by atoms with Gasteiger partial charge in [0.2, 0.25) is 0 Å². The Morgan fingerprint density at radius 1 is 1.21 bits per heavy atom. The topological polar surface area (TPSA) is 93.7 Å². The number of nitrogens with zero attached hydrogens (tertiary/aromatic N) is 5. The molecule has 1 fully saturated rings. The second kappa shape index (κ2) is 7.63. The van der Waals surface area contributed by atoms with Gasteiger partial charge in [-0.05, 0) is 31.2 Å². The highest BCUT2D eigenvalue weighted by molar-refractivity contribution is 6.01. The zero-order valence-corrected chi connectivity index (χ0v) is 16.1. The number of carbonyl (C=O) groups is 1. The van der Waals surface area contributed by atoms with Crippen LogP contribution >= 0.6 is 0 Å². The van der Waals surface area contributed by atoms with Crippen molar-refractivity contribution in [2.75, 3.05) is 38.2 Å². The fraction of sp³-hybridized carbons (Fsp3) is 0.368. The van der Waals surface area contributed by atoms with Crippen LogP contribution in [0.5, 0.6) is 0 Å². The van der Waals surface area contributed by atoms with Crippen molar-refractivity contribution in [2.24, 2.45) is 0 Å². The fourth-order valence-corrected chi connectivity index (χ4v) is 3.46. The van der Waals surface area contributed by atoms with Gasteiger partial charge in [-0.25, -0.2) is 13.9 Å². The lowest BCUT2D eigenvalue weighted by molar-refractivity contribution is 0.0591. The molecule has 0 bridgehead atoms. The number of esters is 1. The second-order valence-electron chi connectivity index (χ2n) is 6.83. The van der Waals surface area contributed by atoms with Gasteiger partial charge in [-0.2, -0.15) is 5.10 Å². The standard InChI is InChI=1S/C19H20FN5O4/c1-12-15-16(22-29-12)18(26)25(21-17(15)19(27)28-2)11-23-7-9-24(10-8-23)14-5-3-13(20)4-6-14/h3-6H,7-11H2,1-2H3. The van der Waals surface area contributed by atoms with E-state index in [0.29, 0.717) is 18.8 Å². The van der Waals surface area contributed by atoms with Crippen LogP contribution in [0.4, 0.5) is 10.1 Å². The van der Waals surface area contributed by atoms with Crippen molar-refractivity contribution in [3.05, 3.63) is 51.9 Å². The van der Waals surface area contributed by atoms with E-state index in [1.807, 2.05) is 4.90 Å². The van der Waals surface area contributed by atoms with Crippen molar-refractivity contribution in [3.63, 3.8) is 0 Å². The van der Waals surface area contributed by atoms with E-state index in [2.05, 4.69) is 15.2 Å². The molecular weight excluding hydrogens is 381 g/mol. The highest BCUT2D eigenvalue weighted by Gasteiger charge is 2.24. The number of ether oxygens (including phenoxy) is 1. The van der Waals surface area contributed by atoms with E-state index in [1.54, 1.807) is 19.1 Å². The third kappa shape index (κ3) is 3.58. The van der Waals surface area contributed by atoms with Gasteiger partial charge in [0.1, 0.15) is 11.6 Å². The number of halogens is 1. The summed E-state index contributed by atoms with van der Waals surface area (Å²) in [4.78, 5) is 29.1. The molecule has 9 nitrogen and oxygen atoms in total. The average Bonchev–Trinajstić information content (AvgIpc) is 3.13. The van der Waals surface area contributed by atoms with Crippen LogP contribution in [-0.2, 0) is 11.4 Å². The van der Waals surface area contributed by atoms with Crippen LogP contribution in [0, 0.1) is 12.7 Å². The van der Waals surface area contributed by atoms with Crippen molar-refractivity contribution in [2.45, 2.75) is 13.6 Å². The lowest BCUT2D eigenvalue weighted by Crippen LogP contribution is -2.48. The van der Waals surface area contributed by atoms with Crippen LogP contribution in [0.1, 0.15) is 16.2 Å². The molecule has 1 aliphatic rings. The van der Waals surface area contributed by atoms with E-state index < -0.39 is 11.5 Å². The summed E-state index contributed by atoms with van der Waals surface area (Å²) in [5.74, 6) is -0.584. The first-order valence-electron chi connectivity index (χ1n) is 9.16. The summed E-state index contributed by atoms with van der Waals surface area (Å²) in [6, 6.07) is 6.38. The molecule has 0 radical (unpaired) electrons. The van der Waals surface area contributed by atoms with Crippen molar-refractivity contribution in [3.8, 4) is 0 Å². The highest BCUT2D eigenvalue weighted by atomic mass is 19.1. The first-order chi connectivity index (χ1) is 14.0. The number of methoxy groups -OCH3 is 1. The second-order valence-corrected chi connectivity index (χ2v) is 6.83. The van der Waals surface area contributed by atoms with Crippen molar-refractivity contribution in [1.82, 2.24) is 19.8 Å². The van der Waals surface area contributed by atoms with Crippen LogP contribution < -0.4 is 10.5 Å². The Kier molecular flexibility index (Phi) is 5.01. The van der Waals surface area contributed by atoms with Gasteiger partial charge in [0.25, 0.3) is 5.56 Å². The number of hydrogen-bond donors (Lipinski definition) is 0. The molecule has 10 heteroatoms. The number of fused-ring (bicyclic) bond motifs is 1. The molecule has 1 aromatic carbocycles. The van der Waals surface area contributed by atoms with E-state index >= 15 is 0 Å². The molecule has 1 aliphatic heterocycles. The number of aromatic nitrogens is 3. The monoisotopic (exact) mass is 401 g/mol. The number of anilines is 1. The molecule has 0 saturated carbocycles. The SMILES string of the molecule is COC(=O)c1nn(CN2CCN(c3ccc(F)cc3)CC2)c(=O)c2noc(C)c12. The highest BCUT2D eigenvalue weighted by Crippen LogP contribution is 2.19. The van der Waals surface area contributed by atoms with Gasteiger partial charge in [0, 0.05) is 31.9 Å². The summed E-state index contributed by atoms with van der Waals surface area (Å²) in [5, 5.41) is 8.29. The minimum absolute atomic E-state index is 0.00537. The molecule has 0 N–H and O–H groups in total. The molecule has 29 heavy (non-hydrogen) atoms. The van der Waals surface area contributed by atoms with Crippen LogP contribution in [0.15, 0.2) is 33.6 Å². The maximum absolute atomic E-state index is 13.1. The molecule has 0 amide bonds. The summed E-state index contributed by atoms with van der Waals surface area (Å²) >= 11 is 0. The summed E-state index contributed by atoms with van der Waals surface area (Å²) < 4.78 is 24.2. The molecule has 1 saturated heterocycles.